The van der Waals surface area contributed by atoms with Gasteiger partial charge in [0.1, 0.15) is 0 Å². The molecular weight excluding hydrogens is 266 g/mol. The van der Waals surface area contributed by atoms with E-state index >= 15 is 0 Å². The normalized spacial score (nSPS) is 15.2. The quantitative estimate of drug-likeness (QED) is 0.894. The third kappa shape index (κ3) is 4.20. The van der Waals surface area contributed by atoms with E-state index in [1.54, 1.807) is 29.2 Å². The molecule has 0 aliphatic heterocycles. The maximum absolute atomic E-state index is 12.4. The Bertz CT molecular complexity index is 518. The maximum Gasteiger partial charge on any atom is 0.322 e. The zero-order valence-corrected chi connectivity index (χ0v) is 12.1. The van der Waals surface area contributed by atoms with Crippen LogP contribution in [0.15, 0.2) is 24.3 Å². The maximum atomic E-state index is 12.4. The number of aliphatic hydroxyl groups is 1. The molecule has 0 bridgehead atoms. The van der Waals surface area contributed by atoms with Crippen molar-refractivity contribution in [1.82, 2.24) is 4.90 Å². The van der Waals surface area contributed by atoms with Gasteiger partial charge in [-0.1, -0.05) is 25.3 Å². The molecule has 0 unspecified atom stereocenters. The number of hydrogen-bond donors (Lipinski definition) is 2. The van der Waals surface area contributed by atoms with E-state index in [0.29, 0.717) is 17.8 Å². The minimum Gasteiger partial charge on any atom is -0.395 e. The summed E-state index contributed by atoms with van der Waals surface area (Å²) in [5.74, 6) is 0. The summed E-state index contributed by atoms with van der Waals surface area (Å²) in [5, 5.41) is 20.9. The number of urea groups is 1. The molecule has 0 heterocycles. The molecule has 1 fully saturated rings. The van der Waals surface area contributed by atoms with Crippen LogP contribution in [-0.4, -0.2) is 35.2 Å². The number of aliphatic hydroxyl groups excluding tert-OH is 1. The summed E-state index contributed by atoms with van der Waals surface area (Å²) in [6.45, 7) is 0.302. The van der Waals surface area contributed by atoms with Crippen molar-refractivity contribution in [3.05, 3.63) is 29.8 Å². The predicted octanol–water partition coefficient (Wildman–Crippen LogP) is 2.72. The lowest BCUT2D eigenvalue weighted by atomic mass is 9.94. The third-order valence-electron chi connectivity index (χ3n) is 3.86. The Hall–Kier alpha value is -2.06. The Morgan fingerprint density at radius 2 is 2.14 bits per heavy atom. The number of amides is 2. The molecule has 1 aromatic carbocycles. The zero-order chi connectivity index (χ0) is 15.1. The van der Waals surface area contributed by atoms with Gasteiger partial charge in [-0.15, -0.1) is 0 Å². The molecule has 0 atom stereocenters. The zero-order valence-electron chi connectivity index (χ0n) is 12.1. The van der Waals surface area contributed by atoms with Crippen LogP contribution in [0.5, 0.6) is 0 Å². The highest BCUT2D eigenvalue weighted by atomic mass is 16.3. The molecule has 5 heteroatoms. The lowest BCUT2D eigenvalue weighted by Crippen LogP contribution is -2.45. The van der Waals surface area contributed by atoms with Gasteiger partial charge in [-0.2, -0.15) is 5.26 Å². The van der Waals surface area contributed by atoms with Crippen LogP contribution in [0.25, 0.3) is 0 Å². The number of nitriles is 1. The Morgan fingerprint density at radius 1 is 1.38 bits per heavy atom. The molecular formula is C16H21N3O2. The Labute approximate surface area is 125 Å². The van der Waals surface area contributed by atoms with Gasteiger partial charge in [0, 0.05) is 18.3 Å². The van der Waals surface area contributed by atoms with Gasteiger partial charge in [-0.3, -0.25) is 0 Å². The van der Waals surface area contributed by atoms with E-state index in [0.717, 1.165) is 25.7 Å². The second-order valence-corrected chi connectivity index (χ2v) is 5.33. The summed E-state index contributed by atoms with van der Waals surface area (Å²) in [5.41, 5.74) is 1.12. The lowest BCUT2D eigenvalue weighted by Gasteiger charge is -2.34. The highest BCUT2D eigenvalue weighted by Gasteiger charge is 2.25. The third-order valence-corrected chi connectivity index (χ3v) is 3.86. The van der Waals surface area contributed by atoms with Crippen LogP contribution in [0.3, 0.4) is 0 Å². The highest BCUT2D eigenvalue weighted by molar-refractivity contribution is 5.89. The molecule has 2 rings (SSSR count). The molecule has 0 spiro atoms. The summed E-state index contributed by atoms with van der Waals surface area (Å²) < 4.78 is 0. The van der Waals surface area contributed by atoms with Crippen molar-refractivity contribution >= 4 is 11.7 Å². The van der Waals surface area contributed by atoms with Gasteiger partial charge in [0.15, 0.2) is 0 Å². The monoisotopic (exact) mass is 287 g/mol. The molecule has 21 heavy (non-hydrogen) atoms. The van der Waals surface area contributed by atoms with E-state index in [9.17, 15) is 9.90 Å². The van der Waals surface area contributed by atoms with E-state index in [-0.39, 0.29) is 18.7 Å². The van der Waals surface area contributed by atoms with Crippen LogP contribution < -0.4 is 5.32 Å². The minimum atomic E-state index is -0.203. The van der Waals surface area contributed by atoms with Crippen molar-refractivity contribution in [2.75, 3.05) is 18.5 Å². The average molecular weight is 287 g/mol. The molecule has 2 N–H and O–H groups in total. The Kier molecular flexibility index (Phi) is 5.59. The topological polar surface area (TPSA) is 76.4 Å². The number of nitrogens with one attached hydrogen (secondary N) is 1. The van der Waals surface area contributed by atoms with Crippen LogP contribution in [0.4, 0.5) is 10.5 Å². The SMILES string of the molecule is N#Cc1cccc(NC(=O)N(CCO)C2CCCCC2)c1. The van der Waals surface area contributed by atoms with E-state index in [1.807, 2.05) is 0 Å². The summed E-state index contributed by atoms with van der Waals surface area (Å²) in [7, 11) is 0. The van der Waals surface area contributed by atoms with Crippen molar-refractivity contribution < 1.29 is 9.90 Å². The molecule has 1 aliphatic carbocycles. The lowest BCUT2D eigenvalue weighted by molar-refractivity contribution is 0.144. The van der Waals surface area contributed by atoms with E-state index < -0.39 is 0 Å². The molecule has 1 aromatic rings. The van der Waals surface area contributed by atoms with Gasteiger partial charge in [-0.05, 0) is 31.0 Å². The average Bonchev–Trinajstić information content (AvgIpc) is 2.53. The van der Waals surface area contributed by atoms with Crippen molar-refractivity contribution in [3.8, 4) is 6.07 Å². The molecule has 5 nitrogen and oxygen atoms in total. The molecule has 1 aliphatic rings. The number of anilines is 1. The predicted molar refractivity (Wildman–Crippen MR) is 80.8 cm³/mol. The summed E-state index contributed by atoms with van der Waals surface area (Å²) in [6.07, 6.45) is 5.46. The minimum absolute atomic E-state index is 0.0395. The summed E-state index contributed by atoms with van der Waals surface area (Å²) in [6, 6.07) is 8.90. The second-order valence-electron chi connectivity index (χ2n) is 5.33. The first-order chi connectivity index (χ1) is 10.2. The first-order valence-electron chi connectivity index (χ1n) is 7.43. The number of rotatable bonds is 4. The molecule has 112 valence electrons. The Morgan fingerprint density at radius 3 is 2.81 bits per heavy atom. The molecule has 0 aromatic heterocycles. The van der Waals surface area contributed by atoms with E-state index in [4.69, 9.17) is 5.26 Å². The second kappa shape index (κ2) is 7.65. The van der Waals surface area contributed by atoms with Crippen LogP contribution in [0.2, 0.25) is 0 Å². The number of carbonyl (C=O) groups excluding carboxylic acids is 1. The van der Waals surface area contributed by atoms with E-state index in [1.165, 1.54) is 6.42 Å². The molecule has 2 amide bonds. The number of nitrogens with zero attached hydrogens (tertiary/aromatic N) is 2. The molecule has 0 radical (unpaired) electrons. The fourth-order valence-electron chi connectivity index (χ4n) is 2.81. The first kappa shape index (κ1) is 15.3. The highest BCUT2D eigenvalue weighted by Crippen LogP contribution is 2.23. The largest absolute Gasteiger partial charge is 0.395 e. The number of hydrogen-bond acceptors (Lipinski definition) is 3. The first-order valence-corrected chi connectivity index (χ1v) is 7.43. The van der Waals surface area contributed by atoms with Crippen molar-refractivity contribution in [1.29, 1.82) is 5.26 Å². The number of carbonyl (C=O) groups is 1. The van der Waals surface area contributed by atoms with E-state index in [2.05, 4.69) is 11.4 Å². The smallest absolute Gasteiger partial charge is 0.322 e. The van der Waals surface area contributed by atoms with Crippen LogP contribution in [0.1, 0.15) is 37.7 Å². The van der Waals surface area contributed by atoms with Gasteiger partial charge >= 0.3 is 6.03 Å². The van der Waals surface area contributed by atoms with Gasteiger partial charge in [0.25, 0.3) is 0 Å². The van der Waals surface area contributed by atoms with Gasteiger partial charge in [0.05, 0.1) is 18.2 Å². The fraction of sp³-hybridized carbons (Fsp3) is 0.500. The van der Waals surface area contributed by atoms with Crippen LogP contribution >= 0.6 is 0 Å². The van der Waals surface area contributed by atoms with Crippen LogP contribution in [0, 0.1) is 11.3 Å². The van der Waals surface area contributed by atoms with Crippen LogP contribution in [-0.2, 0) is 0 Å². The van der Waals surface area contributed by atoms with Gasteiger partial charge < -0.3 is 15.3 Å². The van der Waals surface area contributed by atoms with Crippen molar-refractivity contribution in [2.24, 2.45) is 0 Å². The van der Waals surface area contributed by atoms with Gasteiger partial charge in [0.2, 0.25) is 0 Å². The molecule has 0 saturated heterocycles. The number of benzene rings is 1. The summed E-state index contributed by atoms with van der Waals surface area (Å²) >= 11 is 0. The Balaban J connectivity index is 2.05. The summed E-state index contributed by atoms with van der Waals surface area (Å²) in [4.78, 5) is 14.1. The molecule has 1 saturated carbocycles. The van der Waals surface area contributed by atoms with Crippen molar-refractivity contribution in [2.45, 2.75) is 38.1 Å². The fourth-order valence-corrected chi connectivity index (χ4v) is 2.81. The standard InChI is InChI=1S/C16H21N3O2/c17-12-13-5-4-6-14(11-13)18-16(21)19(9-10-20)15-7-2-1-3-8-15/h4-6,11,15,20H,1-3,7-10H2,(H,18,21). The van der Waals surface area contributed by atoms with Crippen molar-refractivity contribution in [3.63, 3.8) is 0 Å². The van der Waals surface area contributed by atoms with Gasteiger partial charge in [-0.25, -0.2) is 4.79 Å².